The Morgan fingerprint density at radius 3 is 2.75 bits per heavy atom. The molecule has 2 heterocycles. The highest BCUT2D eigenvalue weighted by molar-refractivity contribution is 8.00. The van der Waals surface area contributed by atoms with E-state index in [1.807, 2.05) is 0 Å². The molecule has 2 aromatic heterocycles. The number of aromatic nitrogens is 3. The molecule has 0 unspecified atom stereocenters. The minimum Gasteiger partial charge on any atom is -0.468 e. The van der Waals surface area contributed by atoms with Crippen LogP contribution in [0.25, 0.3) is 11.0 Å². The van der Waals surface area contributed by atoms with Crippen LogP contribution < -0.4 is 0 Å². The molecule has 0 amide bonds. The lowest BCUT2D eigenvalue weighted by Crippen LogP contribution is -2.12. The fraction of sp³-hybridized carbons (Fsp3) is 0.364. The number of fused-ring (bicyclic) bond motifs is 1. The molecule has 0 aromatic carbocycles. The summed E-state index contributed by atoms with van der Waals surface area (Å²) >= 11 is 0.881. The monoisotopic (exact) mass is 305 g/mol. The van der Waals surface area contributed by atoms with Gasteiger partial charge in [0, 0.05) is 5.69 Å². The topological polar surface area (TPSA) is 67.9 Å². The molecule has 0 aliphatic heterocycles. The summed E-state index contributed by atoms with van der Waals surface area (Å²) in [6.07, 6.45) is -4.65. The normalized spacial score (nSPS) is 11.8. The molecule has 0 aliphatic carbocycles. The van der Waals surface area contributed by atoms with E-state index in [-0.39, 0.29) is 16.4 Å². The molecular weight excluding hydrogens is 295 g/mol. The number of H-pyrrole nitrogens is 1. The lowest BCUT2D eigenvalue weighted by Gasteiger charge is -2.07. The van der Waals surface area contributed by atoms with E-state index in [0.717, 1.165) is 11.8 Å². The second-order valence-corrected chi connectivity index (χ2v) is 4.89. The smallest absolute Gasteiger partial charge is 0.451 e. The average Bonchev–Trinajstić information content (AvgIpc) is 2.74. The summed E-state index contributed by atoms with van der Waals surface area (Å²) in [7, 11) is 1.21. The molecule has 0 spiro atoms. The van der Waals surface area contributed by atoms with Crippen molar-refractivity contribution in [2.24, 2.45) is 0 Å². The Labute approximate surface area is 115 Å². The molecule has 5 nitrogen and oxygen atoms in total. The highest BCUT2D eigenvalue weighted by Crippen LogP contribution is 2.32. The molecule has 20 heavy (non-hydrogen) atoms. The van der Waals surface area contributed by atoms with Gasteiger partial charge in [-0.2, -0.15) is 13.2 Å². The van der Waals surface area contributed by atoms with Crippen molar-refractivity contribution in [1.29, 1.82) is 0 Å². The van der Waals surface area contributed by atoms with Crippen molar-refractivity contribution in [2.75, 3.05) is 12.9 Å². The largest absolute Gasteiger partial charge is 0.468 e. The third-order valence-electron chi connectivity index (χ3n) is 2.40. The first kappa shape index (κ1) is 14.6. The first-order valence-corrected chi connectivity index (χ1v) is 6.44. The molecule has 1 N–H and O–H groups in total. The van der Waals surface area contributed by atoms with Crippen LogP contribution in [0.1, 0.15) is 11.5 Å². The van der Waals surface area contributed by atoms with E-state index >= 15 is 0 Å². The minimum absolute atomic E-state index is 0.0945. The maximum absolute atomic E-state index is 12.7. The summed E-state index contributed by atoms with van der Waals surface area (Å²) in [6, 6.07) is 1.63. The molecule has 0 radical (unpaired) electrons. The summed E-state index contributed by atoms with van der Waals surface area (Å²) in [5.74, 6) is -1.90. The standard InChI is InChI=1S/C11H10F3N3O2S/c1-5-3-6-8(15-5)16-10(11(12,13)14)17-9(6)20-4-7(18)19-2/h3H,4H2,1-2H3,(H,15,16,17). The minimum atomic E-state index is -4.65. The van der Waals surface area contributed by atoms with Crippen LogP contribution in [0, 0.1) is 6.92 Å². The fourth-order valence-corrected chi connectivity index (χ4v) is 2.37. The Kier molecular flexibility index (Phi) is 3.89. The quantitative estimate of drug-likeness (QED) is 0.536. The number of rotatable bonds is 3. The average molecular weight is 305 g/mol. The predicted molar refractivity (Wildman–Crippen MR) is 66.4 cm³/mol. The van der Waals surface area contributed by atoms with Gasteiger partial charge in [0.25, 0.3) is 0 Å². The fourth-order valence-electron chi connectivity index (χ4n) is 1.54. The number of aryl methyl sites for hydroxylation is 1. The molecule has 0 atom stereocenters. The van der Waals surface area contributed by atoms with Gasteiger partial charge in [-0.3, -0.25) is 4.79 Å². The zero-order valence-electron chi connectivity index (χ0n) is 10.5. The van der Waals surface area contributed by atoms with Crippen molar-refractivity contribution in [3.8, 4) is 0 Å². The van der Waals surface area contributed by atoms with Crippen molar-refractivity contribution in [3.63, 3.8) is 0 Å². The third-order valence-corrected chi connectivity index (χ3v) is 3.36. The van der Waals surface area contributed by atoms with E-state index in [9.17, 15) is 18.0 Å². The number of nitrogens with zero attached hydrogens (tertiary/aromatic N) is 2. The van der Waals surface area contributed by atoms with Crippen LogP contribution in [-0.2, 0) is 15.7 Å². The van der Waals surface area contributed by atoms with Crippen molar-refractivity contribution >= 4 is 28.8 Å². The van der Waals surface area contributed by atoms with Crippen molar-refractivity contribution < 1.29 is 22.7 Å². The number of thioether (sulfide) groups is 1. The number of carbonyl (C=O) groups is 1. The molecule has 0 fully saturated rings. The zero-order valence-corrected chi connectivity index (χ0v) is 11.4. The van der Waals surface area contributed by atoms with Gasteiger partial charge in [-0.1, -0.05) is 11.8 Å². The van der Waals surface area contributed by atoms with E-state index in [1.54, 1.807) is 13.0 Å². The molecule has 0 bridgehead atoms. The van der Waals surface area contributed by atoms with Gasteiger partial charge < -0.3 is 9.72 Å². The molecule has 2 aromatic rings. The number of hydrogen-bond acceptors (Lipinski definition) is 5. The van der Waals surface area contributed by atoms with Gasteiger partial charge >= 0.3 is 12.1 Å². The van der Waals surface area contributed by atoms with E-state index in [0.29, 0.717) is 11.1 Å². The lowest BCUT2D eigenvalue weighted by atomic mass is 10.4. The number of hydrogen-bond donors (Lipinski definition) is 1. The Balaban J connectivity index is 2.46. The highest BCUT2D eigenvalue weighted by atomic mass is 32.2. The number of carbonyl (C=O) groups excluding carboxylic acids is 1. The first-order chi connectivity index (χ1) is 9.31. The van der Waals surface area contributed by atoms with Crippen LogP contribution in [0.3, 0.4) is 0 Å². The molecule has 0 saturated heterocycles. The molecule has 108 valence electrons. The summed E-state index contributed by atoms with van der Waals surface area (Å²) < 4.78 is 42.6. The number of alkyl halides is 3. The number of esters is 1. The summed E-state index contributed by atoms with van der Waals surface area (Å²) in [5, 5.41) is 0.543. The van der Waals surface area contributed by atoms with Gasteiger partial charge in [0.1, 0.15) is 10.7 Å². The maximum Gasteiger partial charge on any atom is 0.451 e. The van der Waals surface area contributed by atoms with Crippen LogP contribution in [0.2, 0.25) is 0 Å². The van der Waals surface area contributed by atoms with Crippen LogP contribution in [0.15, 0.2) is 11.1 Å². The first-order valence-electron chi connectivity index (χ1n) is 5.45. The summed E-state index contributed by atoms with van der Waals surface area (Å²) in [6.45, 7) is 1.70. The number of halogens is 3. The Morgan fingerprint density at radius 2 is 2.15 bits per heavy atom. The molecule has 9 heteroatoms. The van der Waals surface area contributed by atoms with Gasteiger partial charge in [-0.05, 0) is 13.0 Å². The Morgan fingerprint density at radius 1 is 1.45 bits per heavy atom. The zero-order chi connectivity index (χ0) is 14.9. The van der Waals surface area contributed by atoms with Crippen LogP contribution >= 0.6 is 11.8 Å². The number of aromatic amines is 1. The second-order valence-electron chi connectivity index (χ2n) is 3.93. The third kappa shape index (κ3) is 3.03. The lowest BCUT2D eigenvalue weighted by molar-refractivity contribution is -0.145. The van der Waals surface area contributed by atoms with Crippen molar-refractivity contribution in [2.45, 2.75) is 18.1 Å². The molecule has 2 rings (SSSR count). The molecular formula is C11H10F3N3O2S. The van der Waals surface area contributed by atoms with Gasteiger partial charge in [0.05, 0.1) is 18.2 Å². The van der Waals surface area contributed by atoms with Gasteiger partial charge in [0.2, 0.25) is 5.82 Å². The van der Waals surface area contributed by atoms with Gasteiger partial charge in [-0.15, -0.1) is 0 Å². The van der Waals surface area contributed by atoms with Crippen molar-refractivity contribution in [3.05, 3.63) is 17.6 Å². The number of methoxy groups -OCH3 is 1. The Bertz CT molecular complexity index is 654. The predicted octanol–water partition coefficient (Wildman–Crippen LogP) is 2.55. The van der Waals surface area contributed by atoms with E-state index in [2.05, 4.69) is 19.7 Å². The van der Waals surface area contributed by atoms with Gasteiger partial charge in [0.15, 0.2) is 0 Å². The van der Waals surface area contributed by atoms with Crippen molar-refractivity contribution in [1.82, 2.24) is 15.0 Å². The second kappa shape index (κ2) is 5.31. The summed E-state index contributed by atoms with van der Waals surface area (Å²) in [4.78, 5) is 20.8. The van der Waals surface area contributed by atoms with E-state index in [1.165, 1.54) is 7.11 Å². The molecule has 0 aliphatic rings. The maximum atomic E-state index is 12.7. The van der Waals surface area contributed by atoms with Crippen LogP contribution in [0.4, 0.5) is 13.2 Å². The van der Waals surface area contributed by atoms with Crippen LogP contribution in [-0.4, -0.2) is 33.8 Å². The number of nitrogens with one attached hydrogen (secondary N) is 1. The van der Waals surface area contributed by atoms with Crippen LogP contribution in [0.5, 0.6) is 0 Å². The Hall–Kier alpha value is -1.77. The van der Waals surface area contributed by atoms with E-state index < -0.39 is 18.0 Å². The molecule has 0 saturated carbocycles. The highest BCUT2D eigenvalue weighted by Gasteiger charge is 2.36. The van der Waals surface area contributed by atoms with E-state index in [4.69, 9.17) is 0 Å². The summed E-state index contributed by atoms with van der Waals surface area (Å²) in [5.41, 5.74) is 0.755. The van der Waals surface area contributed by atoms with Gasteiger partial charge in [-0.25, -0.2) is 9.97 Å². The SMILES string of the molecule is COC(=O)CSc1nc(C(F)(F)F)nc2[nH]c(C)cc12. The number of ether oxygens (including phenoxy) is 1.